The van der Waals surface area contributed by atoms with Crippen molar-refractivity contribution in [3.8, 4) is 11.5 Å². The van der Waals surface area contributed by atoms with E-state index < -0.39 is 0 Å². The van der Waals surface area contributed by atoms with Crippen molar-refractivity contribution in [2.75, 3.05) is 6.54 Å². The molecule has 0 unspecified atom stereocenters. The Balaban J connectivity index is 1.45. The molecule has 0 aliphatic rings. The summed E-state index contributed by atoms with van der Waals surface area (Å²) in [6.07, 6.45) is 2.06. The average molecular weight is 331 g/mol. The summed E-state index contributed by atoms with van der Waals surface area (Å²) >= 11 is 0. The Morgan fingerprint density at radius 2 is 1.28 bits per heavy atom. The van der Waals surface area contributed by atoms with Crippen LogP contribution in [-0.2, 0) is 19.4 Å². The van der Waals surface area contributed by atoms with Crippen molar-refractivity contribution in [3.63, 3.8) is 0 Å². The van der Waals surface area contributed by atoms with Crippen molar-refractivity contribution in [1.29, 1.82) is 0 Å². The smallest absolute Gasteiger partial charge is 0.127 e. The maximum atomic E-state index is 5.90. The Labute approximate surface area is 150 Å². The molecule has 0 heterocycles. The zero-order valence-corrected chi connectivity index (χ0v) is 14.7. The van der Waals surface area contributed by atoms with E-state index in [1.54, 1.807) is 0 Å². The Hall–Kier alpha value is -2.58. The van der Waals surface area contributed by atoms with Crippen LogP contribution in [0.4, 0.5) is 0 Å². The third-order valence-corrected chi connectivity index (χ3v) is 4.25. The van der Waals surface area contributed by atoms with E-state index in [1.807, 2.05) is 30.3 Å². The molecule has 25 heavy (non-hydrogen) atoms. The number of aryl methyl sites for hydroxylation is 1. The summed E-state index contributed by atoms with van der Waals surface area (Å²) in [6, 6.07) is 27.1. The van der Waals surface area contributed by atoms with Gasteiger partial charge in [0.1, 0.15) is 11.5 Å². The Morgan fingerprint density at radius 1 is 0.680 bits per heavy atom. The summed E-state index contributed by atoms with van der Waals surface area (Å²) in [4.78, 5) is 0. The van der Waals surface area contributed by atoms with Crippen molar-refractivity contribution >= 4 is 0 Å². The van der Waals surface area contributed by atoms with Crippen molar-refractivity contribution in [2.45, 2.75) is 26.3 Å². The summed E-state index contributed by atoms with van der Waals surface area (Å²) in [7, 11) is 0. The molecule has 0 aliphatic heterocycles. The number of benzene rings is 3. The van der Waals surface area contributed by atoms with Gasteiger partial charge >= 0.3 is 0 Å². The van der Waals surface area contributed by atoms with E-state index in [2.05, 4.69) is 60.8 Å². The van der Waals surface area contributed by atoms with E-state index >= 15 is 0 Å². The van der Waals surface area contributed by atoms with Crippen LogP contribution < -0.4 is 10.1 Å². The second-order valence-electron chi connectivity index (χ2n) is 6.16. The fraction of sp³-hybridized carbons (Fsp3) is 0.217. The topological polar surface area (TPSA) is 21.3 Å². The van der Waals surface area contributed by atoms with Gasteiger partial charge in [0.05, 0.1) is 0 Å². The number of ether oxygens (including phenoxy) is 1. The molecule has 0 atom stereocenters. The predicted octanol–water partition coefficient (Wildman–Crippen LogP) is 5.37. The zero-order valence-electron chi connectivity index (χ0n) is 14.7. The Morgan fingerprint density at radius 3 is 1.88 bits per heavy atom. The molecular formula is C23H25NO. The minimum atomic E-state index is 0.880. The van der Waals surface area contributed by atoms with E-state index in [9.17, 15) is 0 Å². The predicted molar refractivity (Wildman–Crippen MR) is 104 cm³/mol. The van der Waals surface area contributed by atoms with Crippen LogP contribution in [0.1, 0.15) is 23.6 Å². The molecule has 0 amide bonds. The lowest BCUT2D eigenvalue weighted by Crippen LogP contribution is -2.16. The van der Waals surface area contributed by atoms with Gasteiger partial charge in [0, 0.05) is 6.54 Å². The van der Waals surface area contributed by atoms with Gasteiger partial charge < -0.3 is 10.1 Å². The fourth-order valence-electron chi connectivity index (χ4n) is 2.71. The molecule has 0 bridgehead atoms. The first kappa shape index (κ1) is 17.2. The van der Waals surface area contributed by atoms with Crippen LogP contribution in [0, 0.1) is 0 Å². The molecule has 2 heteroatoms. The molecule has 0 aliphatic carbocycles. The average Bonchev–Trinajstić information content (AvgIpc) is 2.68. The van der Waals surface area contributed by atoms with Gasteiger partial charge in [-0.2, -0.15) is 0 Å². The van der Waals surface area contributed by atoms with Crippen LogP contribution in [0.15, 0.2) is 78.9 Å². The molecule has 0 fully saturated rings. The lowest BCUT2D eigenvalue weighted by Gasteiger charge is -2.08. The largest absolute Gasteiger partial charge is 0.457 e. The van der Waals surface area contributed by atoms with Crippen molar-refractivity contribution in [3.05, 3.63) is 95.6 Å². The van der Waals surface area contributed by atoms with E-state index in [0.717, 1.165) is 37.4 Å². The minimum absolute atomic E-state index is 0.880. The standard InChI is InChI=1S/C23H25NO/c1-2-19-8-12-22(13-9-19)25-23-14-10-20(11-15-23)16-17-24-18-21-6-4-3-5-7-21/h3-15,24H,2,16-18H2,1H3. The lowest BCUT2D eigenvalue weighted by molar-refractivity contribution is 0.482. The number of hydrogen-bond acceptors (Lipinski definition) is 2. The van der Waals surface area contributed by atoms with Gasteiger partial charge in [-0.25, -0.2) is 0 Å². The third-order valence-electron chi connectivity index (χ3n) is 4.25. The van der Waals surface area contributed by atoms with E-state index in [1.165, 1.54) is 16.7 Å². The van der Waals surface area contributed by atoms with Gasteiger partial charge in [0.15, 0.2) is 0 Å². The summed E-state index contributed by atoms with van der Waals surface area (Å²) < 4.78 is 5.90. The van der Waals surface area contributed by atoms with E-state index in [0.29, 0.717) is 0 Å². The first-order valence-electron chi connectivity index (χ1n) is 8.94. The molecule has 1 N–H and O–H groups in total. The first-order chi connectivity index (χ1) is 12.3. The van der Waals surface area contributed by atoms with Gasteiger partial charge in [-0.05, 0) is 60.3 Å². The van der Waals surface area contributed by atoms with Gasteiger partial charge in [-0.3, -0.25) is 0 Å². The van der Waals surface area contributed by atoms with Crippen LogP contribution in [0.25, 0.3) is 0 Å². The van der Waals surface area contributed by atoms with Crippen molar-refractivity contribution < 1.29 is 4.74 Å². The molecule has 128 valence electrons. The van der Waals surface area contributed by atoms with Gasteiger partial charge in [0.2, 0.25) is 0 Å². The van der Waals surface area contributed by atoms with E-state index in [-0.39, 0.29) is 0 Å². The third kappa shape index (κ3) is 5.47. The Bertz CT molecular complexity index is 748. The van der Waals surface area contributed by atoms with Crippen LogP contribution in [0.2, 0.25) is 0 Å². The first-order valence-corrected chi connectivity index (χ1v) is 8.94. The highest BCUT2D eigenvalue weighted by atomic mass is 16.5. The molecule has 0 spiro atoms. The second kappa shape index (κ2) is 9.05. The maximum Gasteiger partial charge on any atom is 0.127 e. The number of nitrogens with one attached hydrogen (secondary N) is 1. The van der Waals surface area contributed by atoms with Gasteiger partial charge in [-0.1, -0.05) is 61.5 Å². The molecule has 2 nitrogen and oxygen atoms in total. The Kier molecular flexibility index (Phi) is 6.24. The monoisotopic (exact) mass is 331 g/mol. The minimum Gasteiger partial charge on any atom is -0.457 e. The SMILES string of the molecule is CCc1ccc(Oc2ccc(CCNCc3ccccc3)cc2)cc1. The number of hydrogen-bond donors (Lipinski definition) is 1. The molecule has 0 saturated carbocycles. The summed E-state index contributed by atoms with van der Waals surface area (Å²) in [5, 5.41) is 3.48. The molecule has 0 radical (unpaired) electrons. The highest BCUT2D eigenvalue weighted by molar-refractivity contribution is 5.34. The molecule has 3 rings (SSSR count). The molecule has 3 aromatic rings. The fourth-order valence-corrected chi connectivity index (χ4v) is 2.71. The van der Waals surface area contributed by atoms with Crippen LogP contribution in [0.5, 0.6) is 11.5 Å². The summed E-state index contributed by atoms with van der Waals surface area (Å²) in [5.41, 5.74) is 3.96. The maximum absolute atomic E-state index is 5.90. The summed E-state index contributed by atoms with van der Waals surface area (Å²) in [6.45, 7) is 4.03. The van der Waals surface area contributed by atoms with Crippen molar-refractivity contribution in [2.24, 2.45) is 0 Å². The normalized spacial score (nSPS) is 10.6. The van der Waals surface area contributed by atoms with Crippen LogP contribution in [0.3, 0.4) is 0 Å². The quantitative estimate of drug-likeness (QED) is 0.560. The van der Waals surface area contributed by atoms with Gasteiger partial charge in [0.25, 0.3) is 0 Å². The zero-order chi connectivity index (χ0) is 17.3. The highest BCUT2D eigenvalue weighted by Gasteiger charge is 1.99. The van der Waals surface area contributed by atoms with Crippen LogP contribution in [-0.4, -0.2) is 6.54 Å². The second-order valence-corrected chi connectivity index (χ2v) is 6.16. The molecule has 0 aromatic heterocycles. The lowest BCUT2D eigenvalue weighted by atomic mass is 10.1. The summed E-state index contributed by atoms with van der Waals surface area (Å²) in [5.74, 6) is 1.76. The highest BCUT2D eigenvalue weighted by Crippen LogP contribution is 2.22. The van der Waals surface area contributed by atoms with Crippen molar-refractivity contribution in [1.82, 2.24) is 5.32 Å². The molecule has 3 aromatic carbocycles. The molecule has 0 saturated heterocycles. The van der Waals surface area contributed by atoms with E-state index in [4.69, 9.17) is 4.74 Å². The van der Waals surface area contributed by atoms with Gasteiger partial charge in [-0.15, -0.1) is 0 Å². The molecular weight excluding hydrogens is 306 g/mol. The van der Waals surface area contributed by atoms with Crippen LogP contribution >= 0.6 is 0 Å². The number of rotatable bonds is 8.